The molecular formula is C56H48BCl2F6N6O7S2. The molecule has 2 fully saturated rings. The van der Waals surface area contributed by atoms with Crippen molar-refractivity contribution in [1.82, 2.24) is 29.4 Å². The van der Waals surface area contributed by atoms with Gasteiger partial charge in [0.05, 0.1) is 69.0 Å². The van der Waals surface area contributed by atoms with Crippen LogP contribution >= 0.6 is 23.2 Å². The van der Waals surface area contributed by atoms with E-state index in [1.807, 2.05) is 18.2 Å². The summed E-state index contributed by atoms with van der Waals surface area (Å²) in [5.41, 5.74) is 2.96. The zero-order valence-electron chi connectivity index (χ0n) is 42.7. The van der Waals surface area contributed by atoms with E-state index in [1.54, 1.807) is 95.9 Å². The lowest BCUT2D eigenvalue weighted by Crippen LogP contribution is -2.40. The summed E-state index contributed by atoms with van der Waals surface area (Å²) < 4.78 is 144. The Bertz CT molecular complexity index is 3810. The Morgan fingerprint density at radius 1 is 0.537 bits per heavy atom. The van der Waals surface area contributed by atoms with E-state index >= 15 is 0 Å². The van der Waals surface area contributed by atoms with Gasteiger partial charge >= 0.3 is 12.4 Å². The Kier molecular flexibility index (Phi) is 17.9. The maximum Gasteiger partial charge on any atom is 0.435 e. The highest BCUT2D eigenvalue weighted by Gasteiger charge is 2.37. The minimum absolute atomic E-state index is 0. The Labute approximate surface area is 469 Å². The number of para-hydroxylation sites is 2. The van der Waals surface area contributed by atoms with Gasteiger partial charge in [-0.05, 0) is 101 Å². The SMILES string of the molecule is CS(=O)(=O)c1cccc(-c2ccc(-c3cc(C(F)(F)F)nn3-c3ccccc3Cl)cc2C(=O)N2CCOCC2)c1.CS(=O)(=O)c1cccc(-c2ccc(-c3cc(C(F)(F)F)nn3-c3ccccc3Cl)cc2CN2CCOCC2)c1.[B]. The minimum atomic E-state index is -4.72. The summed E-state index contributed by atoms with van der Waals surface area (Å²) in [5, 5.41) is 8.12. The smallest absolute Gasteiger partial charge is 0.379 e. The summed E-state index contributed by atoms with van der Waals surface area (Å²) in [6, 6.07) is 37.7. The van der Waals surface area contributed by atoms with Gasteiger partial charge in [0, 0.05) is 70.3 Å². The minimum Gasteiger partial charge on any atom is -0.379 e. The van der Waals surface area contributed by atoms with Crippen LogP contribution in [-0.2, 0) is 48.0 Å². The fourth-order valence-electron chi connectivity index (χ4n) is 9.09. The molecule has 8 aromatic rings. The van der Waals surface area contributed by atoms with Gasteiger partial charge in [-0.15, -0.1) is 0 Å². The second kappa shape index (κ2) is 24.1. The van der Waals surface area contributed by atoms with Crippen molar-refractivity contribution in [2.24, 2.45) is 0 Å². The van der Waals surface area contributed by atoms with Crippen molar-refractivity contribution >= 4 is 57.2 Å². The first-order valence-electron chi connectivity index (χ1n) is 24.3. The van der Waals surface area contributed by atoms with Crippen molar-refractivity contribution in [1.29, 1.82) is 0 Å². The number of ether oxygens (including phenoxy) is 2. The van der Waals surface area contributed by atoms with E-state index in [0.717, 1.165) is 40.5 Å². The van der Waals surface area contributed by atoms with Crippen LogP contribution in [0, 0.1) is 0 Å². The first kappa shape index (κ1) is 59.3. The van der Waals surface area contributed by atoms with Gasteiger partial charge < -0.3 is 14.4 Å². The Balaban J connectivity index is 0.000000208. The summed E-state index contributed by atoms with van der Waals surface area (Å²) in [6.45, 7) is 4.41. The van der Waals surface area contributed by atoms with Crippen molar-refractivity contribution in [2.75, 3.05) is 65.1 Å². The van der Waals surface area contributed by atoms with Crippen molar-refractivity contribution < 1.29 is 57.4 Å². The van der Waals surface area contributed by atoms with Gasteiger partial charge in [-0.2, -0.15) is 36.5 Å². The Morgan fingerprint density at radius 2 is 0.975 bits per heavy atom. The highest BCUT2D eigenvalue weighted by molar-refractivity contribution is 7.91. The van der Waals surface area contributed by atoms with Gasteiger partial charge in [0.15, 0.2) is 31.1 Å². The van der Waals surface area contributed by atoms with Gasteiger partial charge in [0.2, 0.25) is 0 Å². The molecule has 0 aliphatic carbocycles. The van der Waals surface area contributed by atoms with E-state index in [0.29, 0.717) is 92.7 Å². The Hall–Kier alpha value is -6.79. The monoisotopic (exact) mass is 1180 g/mol. The lowest BCUT2D eigenvalue weighted by Gasteiger charge is -2.28. The molecule has 0 saturated carbocycles. The van der Waals surface area contributed by atoms with Crippen LogP contribution < -0.4 is 0 Å². The number of nitrogens with zero attached hydrogens (tertiary/aromatic N) is 6. The number of aromatic nitrogens is 4. The first-order chi connectivity index (χ1) is 37.4. The van der Waals surface area contributed by atoms with Crippen LogP contribution in [0.25, 0.3) is 56.1 Å². The van der Waals surface area contributed by atoms with Crippen molar-refractivity contribution in [3.8, 4) is 56.1 Å². The summed E-state index contributed by atoms with van der Waals surface area (Å²) in [5.74, 6) is -0.357. The van der Waals surface area contributed by atoms with E-state index in [9.17, 15) is 48.0 Å². The molecule has 1 amide bonds. The summed E-state index contributed by atoms with van der Waals surface area (Å²) in [7, 11) is -6.97. The molecule has 2 aromatic heterocycles. The molecule has 4 heterocycles. The van der Waals surface area contributed by atoms with E-state index in [4.69, 9.17) is 32.7 Å². The number of alkyl halides is 6. The van der Waals surface area contributed by atoms with Gasteiger partial charge in [0.1, 0.15) is 0 Å². The number of halogens is 8. The standard InChI is InChI=1S/C28H23ClF3N3O4S.C28H25ClF3N3O3S.B/c1-40(37,38)20-6-4-5-18(15-20)21-10-9-19(16-22(21)27(36)34-11-13-39-14-12-34)25-17-26(28(30,31)32)33-35(25)24-8-3-2-7-23(24)29;1-39(36,37)22-6-4-5-19(16-22)23-10-9-20(15-21(23)18-34-11-13-38-14-12-34)26-17-27(28(30,31)32)33-35(26)25-8-3-2-7-24(25)29;/h2-10,15-17H,11-14H2,1H3;2-10,15-17H,11-14,18H2,1H3;. The van der Waals surface area contributed by atoms with Gasteiger partial charge in [-0.1, -0.05) is 96.0 Å². The number of carbonyl (C=O) groups is 1. The molecule has 80 heavy (non-hydrogen) atoms. The predicted molar refractivity (Wildman–Crippen MR) is 294 cm³/mol. The van der Waals surface area contributed by atoms with E-state index in [-0.39, 0.29) is 56.8 Å². The number of benzene rings is 6. The van der Waals surface area contributed by atoms with Gasteiger partial charge in [-0.3, -0.25) is 9.69 Å². The molecule has 24 heteroatoms. The lowest BCUT2D eigenvalue weighted by molar-refractivity contribution is -0.142. The number of hydrogen-bond acceptors (Lipinski definition) is 10. The van der Waals surface area contributed by atoms with Gasteiger partial charge in [-0.25, -0.2) is 26.2 Å². The fourth-order valence-corrected chi connectivity index (χ4v) is 10.9. The maximum atomic E-state index is 13.8. The van der Waals surface area contributed by atoms with E-state index in [2.05, 4.69) is 15.1 Å². The molecule has 0 unspecified atom stereocenters. The molecular weight excluding hydrogens is 1130 g/mol. The second-order valence-electron chi connectivity index (χ2n) is 18.6. The van der Waals surface area contributed by atoms with Crippen LogP contribution in [0.5, 0.6) is 0 Å². The molecule has 415 valence electrons. The number of carbonyl (C=O) groups excluding carboxylic acids is 1. The second-order valence-corrected chi connectivity index (χ2v) is 23.4. The average Bonchev–Trinajstić information content (AvgIpc) is 4.16. The molecule has 0 N–H and O–H groups in total. The molecule has 6 aromatic carbocycles. The maximum absolute atomic E-state index is 13.8. The number of amides is 1. The number of rotatable bonds is 11. The Morgan fingerprint density at radius 3 is 1.44 bits per heavy atom. The van der Waals surface area contributed by atoms with Crippen LogP contribution in [0.1, 0.15) is 27.3 Å². The number of sulfone groups is 2. The highest BCUT2D eigenvalue weighted by atomic mass is 35.5. The lowest BCUT2D eigenvalue weighted by atomic mass is 9.95. The average molecular weight is 1180 g/mol. The largest absolute Gasteiger partial charge is 0.435 e. The molecule has 10 rings (SSSR count). The molecule has 0 bridgehead atoms. The first-order valence-corrected chi connectivity index (χ1v) is 28.9. The van der Waals surface area contributed by atoms with Crippen LogP contribution in [0.15, 0.2) is 155 Å². The zero-order valence-corrected chi connectivity index (χ0v) is 45.8. The quantitative estimate of drug-likeness (QED) is 0.0906. The summed E-state index contributed by atoms with van der Waals surface area (Å²) in [6.07, 6.45) is -7.13. The van der Waals surface area contributed by atoms with Crippen LogP contribution in [0.3, 0.4) is 0 Å². The molecule has 2 aliphatic rings. The molecule has 2 aliphatic heterocycles. The zero-order chi connectivity index (χ0) is 56.4. The molecule has 13 nitrogen and oxygen atoms in total. The summed E-state index contributed by atoms with van der Waals surface area (Å²) >= 11 is 12.7. The molecule has 2 saturated heterocycles. The number of hydrogen-bond donors (Lipinski definition) is 0. The summed E-state index contributed by atoms with van der Waals surface area (Å²) in [4.78, 5) is 17.8. The van der Waals surface area contributed by atoms with Crippen molar-refractivity contribution in [3.05, 3.63) is 178 Å². The topological polar surface area (TPSA) is 146 Å². The highest BCUT2D eigenvalue weighted by Crippen LogP contribution is 2.40. The fraction of sp³-hybridized carbons (Fsp3) is 0.232. The third-order valence-electron chi connectivity index (χ3n) is 13.0. The number of morpholine rings is 2. The van der Waals surface area contributed by atoms with Crippen molar-refractivity contribution in [2.45, 2.75) is 28.7 Å². The third kappa shape index (κ3) is 13.5. The van der Waals surface area contributed by atoms with Gasteiger partial charge in [0.25, 0.3) is 5.91 Å². The van der Waals surface area contributed by atoms with E-state index in [1.165, 1.54) is 28.9 Å². The normalized spacial score (nSPS) is 14.5. The third-order valence-corrected chi connectivity index (χ3v) is 15.9. The molecule has 0 atom stereocenters. The molecule has 3 radical (unpaired) electrons. The molecule has 0 spiro atoms. The van der Waals surface area contributed by atoms with Crippen LogP contribution in [-0.4, -0.2) is 126 Å². The predicted octanol–water partition coefficient (Wildman–Crippen LogP) is 11.5. The van der Waals surface area contributed by atoms with Crippen molar-refractivity contribution in [3.63, 3.8) is 0 Å². The van der Waals surface area contributed by atoms with Crippen LogP contribution in [0.4, 0.5) is 26.3 Å². The van der Waals surface area contributed by atoms with Crippen LogP contribution in [0.2, 0.25) is 10.0 Å². The van der Waals surface area contributed by atoms with E-state index < -0.39 is 43.4 Å².